The molecule has 2 rings (SSSR count). The fourth-order valence-corrected chi connectivity index (χ4v) is 1.88. The Morgan fingerprint density at radius 2 is 2.50 bits per heavy atom. The van der Waals surface area contributed by atoms with Gasteiger partial charge in [-0.3, -0.25) is 5.10 Å². The van der Waals surface area contributed by atoms with E-state index in [-0.39, 0.29) is 5.41 Å². The van der Waals surface area contributed by atoms with Crippen molar-refractivity contribution in [1.82, 2.24) is 15.5 Å². The maximum atomic E-state index is 3.99. The van der Waals surface area contributed by atoms with Gasteiger partial charge in [-0.1, -0.05) is 6.92 Å². The molecule has 0 aliphatic carbocycles. The third-order valence-electron chi connectivity index (χ3n) is 2.75. The van der Waals surface area contributed by atoms with Gasteiger partial charge in [-0.2, -0.15) is 5.10 Å². The monoisotopic (exact) mass is 165 g/mol. The van der Waals surface area contributed by atoms with Gasteiger partial charge in [0.05, 0.1) is 0 Å². The molecule has 0 bridgehead atoms. The Labute approximate surface area is 72.6 Å². The van der Waals surface area contributed by atoms with Gasteiger partial charge in [0.25, 0.3) is 0 Å². The highest BCUT2D eigenvalue weighted by Gasteiger charge is 2.29. The molecule has 0 amide bonds. The lowest BCUT2D eigenvalue weighted by Gasteiger charge is -2.32. The molecule has 66 valence electrons. The number of aromatic amines is 1. The van der Waals surface area contributed by atoms with E-state index in [9.17, 15) is 0 Å². The molecule has 3 heteroatoms. The van der Waals surface area contributed by atoms with Crippen molar-refractivity contribution in [1.29, 1.82) is 0 Å². The third-order valence-corrected chi connectivity index (χ3v) is 2.75. The van der Waals surface area contributed by atoms with Gasteiger partial charge in [0.15, 0.2) is 0 Å². The largest absolute Gasteiger partial charge is 0.316 e. The quantitative estimate of drug-likeness (QED) is 0.653. The first-order chi connectivity index (χ1) is 5.81. The fraction of sp³-hybridized carbons (Fsp3) is 0.667. The molecule has 1 atom stereocenters. The number of nitrogens with zero attached hydrogens (tertiary/aromatic N) is 1. The summed E-state index contributed by atoms with van der Waals surface area (Å²) in [6.07, 6.45) is 4.34. The van der Waals surface area contributed by atoms with Crippen molar-refractivity contribution in [3.8, 4) is 0 Å². The summed E-state index contributed by atoms with van der Waals surface area (Å²) in [5.74, 6) is 0. The summed E-state index contributed by atoms with van der Waals surface area (Å²) in [5, 5.41) is 10.5. The van der Waals surface area contributed by atoms with Crippen molar-refractivity contribution in [2.45, 2.75) is 25.2 Å². The van der Waals surface area contributed by atoms with Crippen molar-refractivity contribution in [3.05, 3.63) is 18.0 Å². The van der Waals surface area contributed by atoms with E-state index < -0.39 is 0 Å². The van der Waals surface area contributed by atoms with Crippen LogP contribution in [0, 0.1) is 0 Å². The Morgan fingerprint density at radius 3 is 3.08 bits per heavy atom. The maximum Gasteiger partial charge on any atom is 0.0490 e. The van der Waals surface area contributed by atoms with Crippen molar-refractivity contribution < 1.29 is 0 Å². The Bertz CT molecular complexity index is 234. The first-order valence-electron chi connectivity index (χ1n) is 4.52. The zero-order chi connectivity index (χ0) is 8.44. The smallest absolute Gasteiger partial charge is 0.0490 e. The van der Waals surface area contributed by atoms with Crippen LogP contribution in [0.4, 0.5) is 0 Å². The molecule has 1 aliphatic rings. The molecular formula is C9H15N3. The molecule has 1 unspecified atom stereocenters. The Kier molecular flexibility index (Phi) is 1.89. The summed E-state index contributed by atoms with van der Waals surface area (Å²) < 4.78 is 0. The third kappa shape index (κ3) is 1.25. The molecule has 1 saturated heterocycles. The van der Waals surface area contributed by atoms with Gasteiger partial charge in [-0.05, 0) is 25.5 Å². The lowest BCUT2D eigenvalue weighted by atomic mass is 9.80. The molecule has 3 nitrogen and oxygen atoms in total. The molecule has 1 aliphatic heterocycles. The number of hydrogen-bond donors (Lipinski definition) is 2. The number of rotatable bonds is 1. The fourth-order valence-electron chi connectivity index (χ4n) is 1.88. The predicted molar refractivity (Wildman–Crippen MR) is 48.0 cm³/mol. The van der Waals surface area contributed by atoms with E-state index in [1.165, 1.54) is 18.5 Å². The minimum absolute atomic E-state index is 0.273. The zero-order valence-corrected chi connectivity index (χ0v) is 7.43. The molecule has 2 N–H and O–H groups in total. The van der Waals surface area contributed by atoms with Gasteiger partial charge in [0, 0.05) is 23.9 Å². The Morgan fingerprint density at radius 1 is 1.58 bits per heavy atom. The van der Waals surface area contributed by atoms with Crippen molar-refractivity contribution in [2.75, 3.05) is 13.1 Å². The second-order valence-electron chi connectivity index (χ2n) is 3.81. The summed E-state index contributed by atoms with van der Waals surface area (Å²) in [6, 6.07) is 2.08. The molecule has 1 aromatic rings. The van der Waals surface area contributed by atoms with E-state index in [1.54, 1.807) is 0 Å². The lowest BCUT2D eigenvalue weighted by Crippen LogP contribution is -2.41. The highest BCUT2D eigenvalue weighted by Crippen LogP contribution is 2.28. The van der Waals surface area contributed by atoms with E-state index in [4.69, 9.17) is 0 Å². The van der Waals surface area contributed by atoms with Gasteiger partial charge >= 0.3 is 0 Å². The lowest BCUT2D eigenvalue weighted by molar-refractivity contribution is 0.332. The molecular weight excluding hydrogens is 150 g/mol. The Balaban J connectivity index is 2.19. The van der Waals surface area contributed by atoms with Gasteiger partial charge < -0.3 is 5.32 Å². The van der Waals surface area contributed by atoms with Crippen LogP contribution in [-0.4, -0.2) is 23.3 Å². The van der Waals surface area contributed by atoms with Crippen LogP contribution in [0.25, 0.3) is 0 Å². The van der Waals surface area contributed by atoms with Crippen LogP contribution in [0.5, 0.6) is 0 Å². The van der Waals surface area contributed by atoms with E-state index in [2.05, 4.69) is 28.5 Å². The molecule has 12 heavy (non-hydrogen) atoms. The highest BCUT2D eigenvalue weighted by atomic mass is 15.1. The molecule has 0 saturated carbocycles. The standard InChI is InChI=1S/C9H15N3/c1-9(4-2-5-10-7-9)8-3-6-11-12-8/h3,6,10H,2,4-5,7H2,1H3,(H,11,12). The van der Waals surface area contributed by atoms with Gasteiger partial charge in [0.1, 0.15) is 0 Å². The topological polar surface area (TPSA) is 40.7 Å². The van der Waals surface area contributed by atoms with Crippen molar-refractivity contribution in [3.63, 3.8) is 0 Å². The van der Waals surface area contributed by atoms with Gasteiger partial charge in [0.2, 0.25) is 0 Å². The first kappa shape index (κ1) is 7.80. The maximum absolute atomic E-state index is 3.99. The predicted octanol–water partition coefficient (Wildman–Crippen LogP) is 1.05. The number of hydrogen-bond acceptors (Lipinski definition) is 2. The normalized spacial score (nSPS) is 30.4. The summed E-state index contributed by atoms with van der Waals surface area (Å²) in [5.41, 5.74) is 1.53. The van der Waals surface area contributed by atoms with Crippen molar-refractivity contribution >= 4 is 0 Å². The average Bonchev–Trinajstić information content (AvgIpc) is 2.58. The summed E-state index contributed by atoms with van der Waals surface area (Å²) >= 11 is 0. The van der Waals surface area contributed by atoms with E-state index in [0.29, 0.717) is 0 Å². The number of H-pyrrole nitrogens is 1. The molecule has 1 aromatic heterocycles. The summed E-state index contributed by atoms with van der Waals surface area (Å²) in [4.78, 5) is 0. The van der Waals surface area contributed by atoms with E-state index in [0.717, 1.165) is 13.1 Å². The molecule has 1 fully saturated rings. The van der Waals surface area contributed by atoms with Crippen LogP contribution in [-0.2, 0) is 5.41 Å². The molecule has 2 heterocycles. The summed E-state index contributed by atoms with van der Waals surface area (Å²) in [6.45, 7) is 4.51. The number of nitrogens with one attached hydrogen (secondary N) is 2. The number of piperidine rings is 1. The van der Waals surface area contributed by atoms with Crippen LogP contribution in [0.15, 0.2) is 12.3 Å². The Hall–Kier alpha value is -0.830. The SMILES string of the molecule is CC1(c2ccn[nH]2)CCCNC1. The molecule has 0 radical (unpaired) electrons. The van der Waals surface area contributed by atoms with Crippen LogP contribution in [0.1, 0.15) is 25.5 Å². The van der Waals surface area contributed by atoms with Crippen LogP contribution in [0.2, 0.25) is 0 Å². The number of aromatic nitrogens is 2. The minimum atomic E-state index is 0.273. The van der Waals surface area contributed by atoms with Crippen LogP contribution >= 0.6 is 0 Å². The molecule has 0 aromatic carbocycles. The molecule has 0 spiro atoms. The van der Waals surface area contributed by atoms with Gasteiger partial charge in [-0.25, -0.2) is 0 Å². The second kappa shape index (κ2) is 2.90. The average molecular weight is 165 g/mol. The summed E-state index contributed by atoms with van der Waals surface area (Å²) in [7, 11) is 0. The van der Waals surface area contributed by atoms with Crippen LogP contribution < -0.4 is 5.32 Å². The highest BCUT2D eigenvalue weighted by molar-refractivity contribution is 5.15. The van der Waals surface area contributed by atoms with E-state index >= 15 is 0 Å². The minimum Gasteiger partial charge on any atom is -0.316 e. The first-order valence-corrected chi connectivity index (χ1v) is 4.52. The van der Waals surface area contributed by atoms with E-state index in [1.807, 2.05) is 6.20 Å². The van der Waals surface area contributed by atoms with Gasteiger partial charge in [-0.15, -0.1) is 0 Å². The van der Waals surface area contributed by atoms with Crippen molar-refractivity contribution in [2.24, 2.45) is 0 Å². The van der Waals surface area contributed by atoms with Crippen LogP contribution in [0.3, 0.4) is 0 Å². The second-order valence-corrected chi connectivity index (χ2v) is 3.81. The zero-order valence-electron chi connectivity index (χ0n) is 7.43.